The van der Waals surface area contributed by atoms with Gasteiger partial charge in [0.05, 0.1) is 17.4 Å². The largest absolute Gasteiger partial charge is 0.461 e. The van der Waals surface area contributed by atoms with Gasteiger partial charge in [0.25, 0.3) is 0 Å². The van der Waals surface area contributed by atoms with Gasteiger partial charge in [0, 0.05) is 4.90 Å². The van der Waals surface area contributed by atoms with E-state index >= 15 is 0 Å². The van der Waals surface area contributed by atoms with E-state index in [1.807, 2.05) is 54.6 Å². The molecule has 1 aliphatic rings. The molecule has 0 radical (unpaired) electrons. The van der Waals surface area contributed by atoms with Crippen molar-refractivity contribution in [2.24, 2.45) is 0 Å². The molecule has 0 aliphatic carbocycles. The molecule has 5 heteroatoms. The van der Waals surface area contributed by atoms with E-state index in [9.17, 15) is 9.59 Å². The number of benzene rings is 2. The third-order valence-electron chi connectivity index (χ3n) is 3.30. The van der Waals surface area contributed by atoms with Crippen molar-refractivity contribution in [2.75, 3.05) is 5.32 Å². The standard InChI is InChI=1S/C17H15NO3S/c19-16(21-11-12-6-2-1-3-7-12)10-15-17(20)18-13-8-4-5-9-14(13)22-15/h1-9,15H,10-11H2,(H,18,20). The Bertz CT molecular complexity index is 687. The summed E-state index contributed by atoms with van der Waals surface area (Å²) in [7, 11) is 0. The molecule has 0 saturated heterocycles. The number of carbonyl (C=O) groups is 2. The molecule has 0 fully saturated rings. The molecule has 2 aromatic rings. The minimum Gasteiger partial charge on any atom is -0.461 e. The van der Waals surface area contributed by atoms with Crippen LogP contribution in [-0.4, -0.2) is 17.1 Å². The number of hydrogen-bond donors (Lipinski definition) is 1. The second kappa shape index (κ2) is 6.66. The zero-order chi connectivity index (χ0) is 15.4. The summed E-state index contributed by atoms with van der Waals surface area (Å²) < 4.78 is 5.23. The molecule has 1 unspecified atom stereocenters. The normalized spacial score (nSPS) is 16.5. The van der Waals surface area contributed by atoms with E-state index in [1.165, 1.54) is 11.8 Å². The van der Waals surface area contributed by atoms with Crippen molar-refractivity contribution in [1.29, 1.82) is 0 Å². The summed E-state index contributed by atoms with van der Waals surface area (Å²) in [6, 6.07) is 17.0. The lowest BCUT2D eigenvalue weighted by atomic mass is 10.2. The molecule has 1 N–H and O–H groups in total. The highest BCUT2D eigenvalue weighted by Gasteiger charge is 2.29. The third-order valence-corrected chi connectivity index (χ3v) is 4.58. The highest BCUT2D eigenvalue weighted by molar-refractivity contribution is 8.01. The monoisotopic (exact) mass is 313 g/mol. The molecule has 0 aromatic heterocycles. The van der Waals surface area contributed by atoms with Gasteiger partial charge in [-0.25, -0.2) is 0 Å². The Balaban J connectivity index is 1.57. The molecule has 4 nitrogen and oxygen atoms in total. The smallest absolute Gasteiger partial charge is 0.307 e. The molecule has 1 atom stereocenters. The summed E-state index contributed by atoms with van der Waals surface area (Å²) in [4.78, 5) is 24.9. The number of anilines is 1. The first kappa shape index (κ1) is 14.7. The molecule has 0 saturated carbocycles. The summed E-state index contributed by atoms with van der Waals surface area (Å²) in [5.41, 5.74) is 1.73. The van der Waals surface area contributed by atoms with Crippen LogP contribution in [0.3, 0.4) is 0 Å². The topological polar surface area (TPSA) is 55.4 Å². The molecule has 0 spiro atoms. The van der Waals surface area contributed by atoms with Crippen molar-refractivity contribution >= 4 is 29.3 Å². The Kier molecular flexibility index (Phi) is 4.44. The lowest BCUT2D eigenvalue weighted by molar-refractivity contribution is -0.145. The molecule has 2 aromatic carbocycles. The first-order chi connectivity index (χ1) is 10.7. The van der Waals surface area contributed by atoms with Crippen molar-refractivity contribution < 1.29 is 14.3 Å². The second-order valence-electron chi connectivity index (χ2n) is 4.94. The van der Waals surface area contributed by atoms with E-state index in [2.05, 4.69) is 5.32 Å². The quantitative estimate of drug-likeness (QED) is 0.881. The number of fused-ring (bicyclic) bond motifs is 1. The molecule has 1 amide bonds. The highest BCUT2D eigenvalue weighted by atomic mass is 32.2. The number of carbonyl (C=O) groups excluding carboxylic acids is 2. The highest BCUT2D eigenvalue weighted by Crippen LogP contribution is 2.36. The van der Waals surface area contributed by atoms with E-state index in [1.54, 1.807) is 0 Å². The van der Waals surface area contributed by atoms with Gasteiger partial charge in [-0.2, -0.15) is 0 Å². The molecular weight excluding hydrogens is 298 g/mol. The first-order valence-corrected chi connectivity index (χ1v) is 7.86. The number of ether oxygens (including phenoxy) is 1. The zero-order valence-electron chi connectivity index (χ0n) is 11.8. The molecule has 22 heavy (non-hydrogen) atoms. The predicted octanol–water partition coefficient (Wildman–Crippen LogP) is 3.23. The number of thioether (sulfide) groups is 1. The summed E-state index contributed by atoms with van der Waals surface area (Å²) in [5, 5.41) is 2.38. The van der Waals surface area contributed by atoms with Crippen LogP contribution in [0.4, 0.5) is 5.69 Å². The van der Waals surface area contributed by atoms with E-state index in [-0.39, 0.29) is 24.9 Å². The number of nitrogens with one attached hydrogen (secondary N) is 1. The SMILES string of the molecule is O=C(CC1Sc2ccccc2NC1=O)OCc1ccccc1. The Labute approximate surface area is 132 Å². The molecule has 3 rings (SSSR count). The van der Waals surface area contributed by atoms with Crippen LogP contribution in [0.25, 0.3) is 0 Å². The van der Waals surface area contributed by atoms with Crippen LogP contribution in [-0.2, 0) is 20.9 Å². The zero-order valence-corrected chi connectivity index (χ0v) is 12.6. The van der Waals surface area contributed by atoms with Gasteiger partial charge in [-0.05, 0) is 17.7 Å². The van der Waals surface area contributed by atoms with Gasteiger partial charge in [0.15, 0.2) is 0 Å². The van der Waals surface area contributed by atoms with Crippen LogP contribution >= 0.6 is 11.8 Å². The fraction of sp³-hybridized carbons (Fsp3) is 0.176. The van der Waals surface area contributed by atoms with Crippen LogP contribution in [0.5, 0.6) is 0 Å². The van der Waals surface area contributed by atoms with E-state index in [0.717, 1.165) is 16.1 Å². The van der Waals surface area contributed by atoms with Crippen LogP contribution in [0.15, 0.2) is 59.5 Å². The van der Waals surface area contributed by atoms with Gasteiger partial charge in [0.1, 0.15) is 6.61 Å². The van der Waals surface area contributed by atoms with Gasteiger partial charge in [-0.1, -0.05) is 42.5 Å². The molecular formula is C17H15NO3S. The number of esters is 1. The summed E-state index contributed by atoms with van der Waals surface area (Å²) in [6.45, 7) is 0.231. The minimum atomic E-state index is -0.446. The minimum absolute atomic E-state index is 0.0671. The number of amides is 1. The van der Waals surface area contributed by atoms with Crippen molar-refractivity contribution in [3.8, 4) is 0 Å². The van der Waals surface area contributed by atoms with E-state index < -0.39 is 5.25 Å². The maximum atomic E-state index is 12.0. The Morgan fingerprint density at radius 1 is 1.09 bits per heavy atom. The number of para-hydroxylation sites is 1. The van der Waals surface area contributed by atoms with Gasteiger partial charge >= 0.3 is 5.97 Å². The third kappa shape index (κ3) is 3.49. The Morgan fingerprint density at radius 3 is 2.64 bits per heavy atom. The number of rotatable bonds is 4. The fourth-order valence-corrected chi connectivity index (χ4v) is 3.27. The van der Waals surface area contributed by atoms with Crippen molar-refractivity contribution in [2.45, 2.75) is 23.2 Å². The Hall–Kier alpha value is -2.27. The lowest BCUT2D eigenvalue weighted by Gasteiger charge is -2.23. The molecule has 1 heterocycles. The van der Waals surface area contributed by atoms with Gasteiger partial charge in [-0.3, -0.25) is 9.59 Å². The van der Waals surface area contributed by atoms with E-state index in [4.69, 9.17) is 4.74 Å². The van der Waals surface area contributed by atoms with Crippen LogP contribution in [0.2, 0.25) is 0 Å². The van der Waals surface area contributed by atoms with Crippen LogP contribution in [0, 0.1) is 0 Å². The van der Waals surface area contributed by atoms with Gasteiger partial charge in [-0.15, -0.1) is 11.8 Å². The summed E-state index contributed by atoms with van der Waals surface area (Å²) in [6.07, 6.45) is 0.0671. The lowest BCUT2D eigenvalue weighted by Crippen LogP contribution is -2.31. The van der Waals surface area contributed by atoms with Crippen molar-refractivity contribution in [3.63, 3.8) is 0 Å². The summed E-state index contributed by atoms with van der Waals surface area (Å²) in [5.74, 6) is -0.517. The Morgan fingerprint density at radius 2 is 1.82 bits per heavy atom. The van der Waals surface area contributed by atoms with Gasteiger partial charge in [0.2, 0.25) is 5.91 Å². The number of hydrogen-bond acceptors (Lipinski definition) is 4. The van der Waals surface area contributed by atoms with Crippen molar-refractivity contribution in [3.05, 3.63) is 60.2 Å². The first-order valence-electron chi connectivity index (χ1n) is 6.98. The average Bonchev–Trinajstić information content (AvgIpc) is 2.55. The maximum absolute atomic E-state index is 12.0. The van der Waals surface area contributed by atoms with Gasteiger partial charge < -0.3 is 10.1 Å². The van der Waals surface area contributed by atoms with Crippen LogP contribution < -0.4 is 5.32 Å². The second-order valence-corrected chi connectivity index (χ2v) is 6.19. The van der Waals surface area contributed by atoms with Crippen molar-refractivity contribution in [1.82, 2.24) is 0 Å². The van der Waals surface area contributed by atoms with Crippen LogP contribution in [0.1, 0.15) is 12.0 Å². The fourth-order valence-electron chi connectivity index (χ4n) is 2.18. The maximum Gasteiger partial charge on any atom is 0.307 e. The molecule has 112 valence electrons. The summed E-state index contributed by atoms with van der Waals surface area (Å²) >= 11 is 1.40. The van der Waals surface area contributed by atoms with E-state index in [0.29, 0.717) is 0 Å². The predicted molar refractivity (Wildman–Crippen MR) is 85.6 cm³/mol. The molecule has 0 bridgehead atoms. The average molecular weight is 313 g/mol. The molecule has 1 aliphatic heterocycles.